The van der Waals surface area contributed by atoms with Gasteiger partial charge in [-0.3, -0.25) is 0 Å². The molecule has 0 bridgehead atoms. The van der Waals surface area contributed by atoms with Gasteiger partial charge in [-0.15, -0.1) is 0 Å². The predicted octanol–water partition coefficient (Wildman–Crippen LogP) is 8.10. The number of benzene rings is 1. The van der Waals surface area contributed by atoms with Crippen LogP contribution in [0.15, 0.2) is 73.4 Å². The number of rotatable bonds is 5. The second-order valence-corrected chi connectivity index (χ2v) is 9.51. The molecule has 4 heterocycles. The monoisotopic (exact) mass is 571 g/mol. The largest absolute Gasteiger partial charge is 0.497 e. The molecule has 0 atom stereocenters. The van der Waals surface area contributed by atoms with Crippen LogP contribution in [0.2, 0.25) is 0 Å². The van der Waals surface area contributed by atoms with Gasteiger partial charge in [0.2, 0.25) is 0 Å². The molecule has 5 N–H and O–H groups in total. The zero-order chi connectivity index (χ0) is 30.9. The quantitative estimate of drug-likeness (QED) is 0.195. The van der Waals surface area contributed by atoms with Gasteiger partial charge < -0.3 is 25.9 Å². The van der Waals surface area contributed by atoms with E-state index in [9.17, 15) is 0 Å². The van der Waals surface area contributed by atoms with Gasteiger partial charge in [-0.2, -0.15) is 0 Å². The van der Waals surface area contributed by atoms with Crippen molar-refractivity contribution in [1.29, 1.82) is 0 Å². The fraction of sp³-hybridized carbons (Fsp3) is 0.382. The van der Waals surface area contributed by atoms with E-state index in [0.29, 0.717) is 11.6 Å². The van der Waals surface area contributed by atoms with Gasteiger partial charge in [0.05, 0.1) is 7.11 Å². The van der Waals surface area contributed by atoms with E-state index in [1.54, 1.807) is 25.7 Å². The van der Waals surface area contributed by atoms with Crippen molar-refractivity contribution in [3.8, 4) is 5.75 Å². The highest BCUT2D eigenvalue weighted by Crippen LogP contribution is 2.30. The average Bonchev–Trinajstić information content (AvgIpc) is 3.48. The minimum atomic E-state index is 0.607. The number of hydrogen-bond donors (Lipinski definition) is 3. The third-order valence-electron chi connectivity index (χ3n) is 7.05. The van der Waals surface area contributed by atoms with Gasteiger partial charge in [0.1, 0.15) is 23.0 Å². The number of nitrogen functional groups attached to an aromatic ring is 2. The predicted molar refractivity (Wildman–Crippen MR) is 179 cm³/mol. The van der Waals surface area contributed by atoms with Gasteiger partial charge in [-0.1, -0.05) is 59.1 Å². The molecule has 8 nitrogen and oxygen atoms in total. The molecule has 1 saturated carbocycles. The van der Waals surface area contributed by atoms with E-state index in [1.165, 1.54) is 42.3 Å². The maximum atomic E-state index is 5.89. The highest BCUT2D eigenvalue weighted by atomic mass is 16.5. The molecule has 0 saturated heterocycles. The lowest BCUT2D eigenvalue weighted by Crippen LogP contribution is -2.15. The summed E-state index contributed by atoms with van der Waals surface area (Å²) in [4.78, 5) is 12.2. The van der Waals surface area contributed by atoms with Crippen molar-refractivity contribution in [2.24, 2.45) is 5.92 Å². The van der Waals surface area contributed by atoms with Crippen molar-refractivity contribution in [3.63, 3.8) is 0 Å². The molecule has 0 spiro atoms. The summed E-state index contributed by atoms with van der Waals surface area (Å²) in [5, 5.41) is 5.73. The highest BCUT2D eigenvalue weighted by Gasteiger charge is 2.16. The topological polar surface area (TPSA) is 116 Å². The van der Waals surface area contributed by atoms with Crippen LogP contribution in [0.4, 0.5) is 17.3 Å². The van der Waals surface area contributed by atoms with Crippen LogP contribution < -0.4 is 21.5 Å². The maximum Gasteiger partial charge on any atom is 0.140 e. The Morgan fingerprint density at radius 2 is 1.57 bits per heavy atom. The van der Waals surface area contributed by atoms with Gasteiger partial charge in [-0.25, -0.2) is 15.0 Å². The lowest BCUT2D eigenvalue weighted by molar-refractivity contribution is 0.303. The summed E-state index contributed by atoms with van der Waals surface area (Å²) >= 11 is 0. The van der Waals surface area contributed by atoms with E-state index in [-0.39, 0.29) is 0 Å². The zero-order valence-corrected chi connectivity index (χ0v) is 26.4. The minimum absolute atomic E-state index is 0.607. The summed E-state index contributed by atoms with van der Waals surface area (Å²) < 4.78 is 6.97. The first-order valence-corrected chi connectivity index (χ1v) is 15.0. The fourth-order valence-electron chi connectivity index (χ4n) is 4.25. The molecule has 6 rings (SSSR count). The molecule has 1 aliphatic rings. The first kappa shape index (κ1) is 33.9. The summed E-state index contributed by atoms with van der Waals surface area (Å²) in [7, 11) is 1.65. The number of nitrogens with one attached hydrogen (secondary N) is 1. The van der Waals surface area contributed by atoms with Crippen LogP contribution in [-0.4, -0.2) is 33.0 Å². The third kappa shape index (κ3) is 9.65. The molecule has 0 amide bonds. The molecule has 5 aromatic rings. The molecule has 42 heavy (non-hydrogen) atoms. The number of fused-ring (bicyclic) bond motifs is 2. The molecule has 0 radical (unpaired) electrons. The third-order valence-corrected chi connectivity index (χ3v) is 7.05. The molecule has 1 aromatic carbocycles. The first-order chi connectivity index (χ1) is 20.5. The van der Waals surface area contributed by atoms with Crippen molar-refractivity contribution < 1.29 is 4.74 Å². The molecule has 8 heteroatoms. The number of methoxy groups -OCH3 is 1. The Balaban J connectivity index is 0.000000221. The van der Waals surface area contributed by atoms with Crippen molar-refractivity contribution >= 4 is 33.7 Å². The maximum absolute atomic E-state index is 5.89. The van der Waals surface area contributed by atoms with Crippen molar-refractivity contribution in [3.05, 3.63) is 84.6 Å². The van der Waals surface area contributed by atoms with Crippen LogP contribution >= 0.6 is 0 Å². The fourth-order valence-corrected chi connectivity index (χ4v) is 4.25. The first-order valence-electron chi connectivity index (χ1n) is 15.0. The van der Waals surface area contributed by atoms with Crippen LogP contribution in [0.5, 0.6) is 5.75 Å². The second-order valence-electron chi connectivity index (χ2n) is 9.51. The van der Waals surface area contributed by atoms with Crippen LogP contribution in [0.3, 0.4) is 0 Å². The Kier molecular flexibility index (Phi) is 14.7. The smallest absolute Gasteiger partial charge is 0.140 e. The molecule has 0 unspecified atom stereocenters. The number of hydrogen-bond acceptors (Lipinski definition) is 7. The van der Waals surface area contributed by atoms with Crippen molar-refractivity contribution in [1.82, 2.24) is 19.4 Å². The van der Waals surface area contributed by atoms with Crippen LogP contribution in [0.1, 0.15) is 64.5 Å². The van der Waals surface area contributed by atoms with Crippen LogP contribution in [0, 0.1) is 19.8 Å². The van der Waals surface area contributed by atoms with Gasteiger partial charge in [0.25, 0.3) is 0 Å². The lowest BCUT2D eigenvalue weighted by atomic mass is 9.83. The number of pyridine rings is 3. The molecular formula is C34H49N7O. The minimum Gasteiger partial charge on any atom is -0.497 e. The Labute approximate surface area is 251 Å². The second kappa shape index (κ2) is 18.2. The Hall–Kier alpha value is -4.33. The number of imidazole rings is 1. The van der Waals surface area contributed by atoms with Crippen molar-refractivity contribution in [2.45, 2.75) is 67.2 Å². The molecule has 4 aromatic heterocycles. The van der Waals surface area contributed by atoms with E-state index in [1.807, 2.05) is 94.7 Å². The van der Waals surface area contributed by atoms with Crippen molar-refractivity contribution in [2.75, 3.05) is 30.4 Å². The zero-order valence-electron chi connectivity index (χ0n) is 26.4. The lowest BCUT2D eigenvalue weighted by Gasteiger charge is -2.25. The number of ether oxygens (including phenoxy) is 1. The average molecular weight is 572 g/mol. The summed E-state index contributed by atoms with van der Waals surface area (Å²) in [6.45, 7) is 13.0. The van der Waals surface area contributed by atoms with E-state index < -0.39 is 0 Å². The van der Waals surface area contributed by atoms with Gasteiger partial charge in [0, 0.05) is 60.1 Å². The summed E-state index contributed by atoms with van der Waals surface area (Å²) in [6, 6.07) is 13.9. The van der Waals surface area contributed by atoms with Gasteiger partial charge >= 0.3 is 0 Å². The SMILES string of the molecule is CC.CC.COc1ccn2ccnc2c1.Cc1ccnc(N)c1C.Nc1nccc2c(NCCC3CCC3)cccc12. The standard InChI is InChI=1S/C15H19N3.C8H8N2O.C7H10N2.2C2H6/c16-15-13-5-2-6-14(12(13)8-10-18-15)17-9-7-11-3-1-4-11;1-11-7-2-4-10-5-3-9-8(10)6-7;1-5-3-4-9-7(8)6(5)2;2*1-2/h2,5-6,8,10-11,17H,1,3-4,7,9H2,(H2,16,18);2-6H,1H3;3-4H,1-2H3,(H2,8,9);2*1-2H3. The number of aryl methyl sites for hydroxylation is 1. The van der Waals surface area contributed by atoms with Crippen LogP contribution in [-0.2, 0) is 0 Å². The molecule has 226 valence electrons. The normalized spacial score (nSPS) is 11.7. The Morgan fingerprint density at radius 3 is 2.21 bits per heavy atom. The van der Waals surface area contributed by atoms with Gasteiger partial charge in [-0.05, 0) is 61.6 Å². The van der Waals surface area contributed by atoms with Crippen LogP contribution in [0.25, 0.3) is 16.4 Å². The number of anilines is 3. The summed E-state index contributed by atoms with van der Waals surface area (Å²) in [5.41, 5.74) is 15.8. The Morgan fingerprint density at radius 1 is 0.857 bits per heavy atom. The molecule has 1 aliphatic carbocycles. The molecule has 1 fully saturated rings. The van der Waals surface area contributed by atoms with E-state index in [0.717, 1.165) is 34.8 Å². The van der Waals surface area contributed by atoms with Gasteiger partial charge in [0.15, 0.2) is 0 Å². The van der Waals surface area contributed by atoms with E-state index in [4.69, 9.17) is 16.2 Å². The number of nitrogens with two attached hydrogens (primary N) is 2. The van der Waals surface area contributed by atoms with E-state index in [2.05, 4.69) is 26.3 Å². The summed E-state index contributed by atoms with van der Waals surface area (Å²) in [6.07, 6.45) is 14.6. The molecular weight excluding hydrogens is 522 g/mol. The molecule has 0 aliphatic heterocycles. The Bertz CT molecular complexity index is 1460. The number of nitrogens with zero attached hydrogens (tertiary/aromatic N) is 4. The highest BCUT2D eigenvalue weighted by molar-refractivity contribution is 5.99. The summed E-state index contributed by atoms with van der Waals surface area (Å²) in [5.74, 6) is 3.02. The number of aromatic nitrogens is 4. The van der Waals surface area contributed by atoms with E-state index >= 15 is 0 Å².